The van der Waals surface area contributed by atoms with Crippen LogP contribution in [0.4, 0.5) is 5.69 Å². The molecule has 3 rings (SSSR count). The zero-order chi connectivity index (χ0) is 14.1. The molecule has 1 aliphatic rings. The van der Waals surface area contributed by atoms with Crippen LogP contribution in [0.15, 0.2) is 30.6 Å². The number of rotatable bonds is 3. The number of nitro benzene ring substituents is 1. The Labute approximate surface area is 115 Å². The molecule has 1 heterocycles. The molecule has 7 heteroatoms. The summed E-state index contributed by atoms with van der Waals surface area (Å²) in [6, 6.07) is 6.10. The van der Waals surface area contributed by atoms with Crippen LogP contribution >= 0.6 is 0 Å². The summed E-state index contributed by atoms with van der Waals surface area (Å²) in [6.07, 6.45) is 3.90. The molecular weight excluding hydrogens is 260 g/mol. The minimum atomic E-state index is -0.440. The maximum Gasteiger partial charge on any atom is 0.269 e. The van der Waals surface area contributed by atoms with Crippen molar-refractivity contribution in [3.63, 3.8) is 0 Å². The fourth-order valence-electron chi connectivity index (χ4n) is 2.53. The number of aliphatic hydroxyl groups is 1. The lowest BCUT2D eigenvalue weighted by Crippen LogP contribution is -2.18. The van der Waals surface area contributed by atoms with Crippen molar-refractivity contribution in [2.45, 2.75) is 31.4 Å². The number of hydrogen-bond acceptors (Lipinski definition) is 5. The van der Waals surface area contributed by atoms with Gasteiger partial charge in [-0.3, -0.25) is 10.1 Å². The van der Waals surface area contributed by atoms with E-state index in [1.807, 2.05) is 0 Å². The van der Waals surface area contributed by atoms with E-state index in [0.29, 0.717) is 5.82 Å². The van der Waals surface area contributed by atoms with Gasteiger partial charge in [0.25, 0.3) is 5.69 Å². The lowest BCUT2D eigenvalue weighted by atomic mass is 10.2. The summed E-state index contributed by atoms with van der Waals surface area (Å²) in [6.45, 7) is 0. The first-order valence-corrected chi connectivity index (χ1v) is 6.49. The minimum Gasteiger partial charge on any atom is -0.391 e. The molecular formula is C13H14N4O3. The van der Waals surface area contributed by atoms with Crippen molar-refractivity contribution in [3.05, 3.63) is 40.7 Å². The van der Waals surface area contributed by atoms with E-state index < -0.39 is 4.92 Å². The van der Waals surface area contributed by atoms with E-state index in [4.69, 9.17) is 0 Å². The highest BCUT2D eigenvalue weighted by Gasteiger charge is 2.27. The third-order valence-corrected chi connectivity index (χ3v) is 3.63. The number of non-ortho nitro benzene ring substituents is 1. The van der Waals surface area contributed by atoms with Crippen molar-refractivity contribution in [1.82, 2.24) is 14.8 Å². The molecule has 1 N–H and O–H groups in total. The first-order chi connectivity index (χ1) is 9.65. The number of benzene rings is 1. The molecule has 1 aromatic heterocycles. The van der Waals surface area contributed by atoms with Crippen LogP contribution in [0.1, 0.15) is 25.3 Å². The lowest BCUT2D eigenvalue weighted by molar-refractivity contribution is -0.384. The van der Waals surface area contributed by atoms with E-state index in [1.54, 1.807) is 23.1 Å². The molecule has 0 bridgehead atoms. The number of aromatic nitrogens is 3. The van der Waals surface area contributed by atoms with E-state index >= 15 is 0 Å². The van der Waals surface area contributed by atoms with Gasteiger partial charge in [-0.25, -0.2) is 9.67 Å². The summed E-state index contributed by atoms with van der Waals surface area (Å²) in [7, 11) is 0. The van der Waals surface area contributed by atoms with Gasteiger partial charge in [0.15, 0.2) is 5.82 Å². The van der Waals surface area contributed by atoms with Gasteiger partial charge in [0.2, 0.25) is 0 Å². The summed E-state index contributed by atoms with van der Waals surface area (Å²) >= 11 is 0. The highest BCUT2D eigenvalue weighted by molar-refractivity contribution is 5.56. The molecule has 1 fully saturated rings. The van der Waals surface area contributed by atoms with Crippen LogP contribution in [0.3, 0.4) is 0 Å². The van der Waals surface area contributed by atoms with Crippen LogP contribution in [0.5, 0.6) is 0 Å². The van der Waals surface area contributed by atoms with Gasteiger partial charge < -0.3 is 5.11 Å². The van der Waals surface area contributed by atoms with Gasteiger partial charge in [0.1, 0.15) is 6.33 Å². The molecule has 0 radical (unpaired) electrons. The molecule has 0 amide bonds. The fourth-order valence-corrected chi connectivity index (χ4v) is 2.53. The molecule has 0 spiro atoms. The van der Waals surface area contributed by atoms with Crippen LogP contribution < -0.4 is 0 Å². The second kappa shape index (κ2) is 5.01. The molecule has 0 aliphatic heterocycles. The van der Waals surface area contributed by atoms with Gasteiger partial charge in [-0.05, 0) is 31.4 Å². The van der Waals surface area contributed by atoms with Crippen LogP contribution in [0, 0.1) is 10.1 Å². The van der Waals surface area contributed by atoms with E-state index in [-0.39, 0.29) is 17.8 Å². The van der Waals surface area contributed by atoms with Crippen molar-refractivity contribution in [2.75, 3.05) is 0 Å². The second-order valence-corrected chi connectivity index (χ2v) is 4.92. The summed E-state index contributed by atoms with van der Waals surface area (Å²) < 4.78 is 1.69. The number of hydrogen-bond donors (Lipinski definition) is 1. The zero-order valence-corrected chi connectivity index (χ0v) is 10.7. The second-order valence-electron chi connectivity index (χ2n) is 4.92. The van der Waals surface area contributed by atoms with Crippen molar-refractivity contribution in [3.8, 4) is 11.4 Å². The monoisotopic (exact) mass is 274 g/mol. The smallest absolute Gasteiger partial charge is 0.269 e. The molecule has 20 heavy (non-hydrogen) atoms. The Morgan fingerprint density at radius 2 is 2.05 bits per heavy atom. The van der Waals surface area contributed by atoms with Crippen molar-refractivity contribution in [1.29, 1.82) is 0 Å². The Morgan fingerprint density at radius 1 is 1.30 bits per heavy atom. The third kappa shape index (κ3) is 2.27. The average molecular weight is 274 g/mol. The number of nitrogens with zero attached hydrogens (tertiary/aromatic N) is 4. The average Bonchev–Trinajstić information content (AvgIpc) is 3.07. The van der Waals surface area contributed by atoms with Gasteiger partial charge in [-0.15, -0.1) is 0 Å². The van der Waals surface area contributed by atoms with Gasteiger partial charge in [0.05, 0.1) is 17.1 Å². The largest absolute Gasteiger partial charge is 0.391 e. The lowest BCUT2D eigenvalue weighted by Gasteiger charge is -2.13. The van der Waals surface area contributed by atoms with Crippen LogP contribution in [0.2, 0.25) is 0 Å². The third-order valence-electron chi connectivity index (χ3n) is 3.63. The Balaban J connectivity index is 1.84. The van der Waals surface area contributed by atoms with Gasteiger partial charge >= 0.3 is 0 Å². The Kier molecular flexibility index (Phi) is 3.19. The summed E-state index contributed by atoms with van der Waals surface area (Å²) in [5.41, 5.74) is 0.765. The fraction of sp³-hybridized carbons (Fsp3) is 0.385. The normalized spacial score (nSPS) is 22.1. The zero-order valence-electron chi connectivity index (χ0n) is 10.7. The van der Waals surface area contributed by atoms with E-state index in [0.717, 1.165) is 24.8 Å². The van der Waals surface area contributed by atoms with Crippen LogP contribution in [-0.2, 0) is 0 Å². The quantitative estimate of drug-likeness (QED) is 0.681. The van der Waals surface area contributed by atoms with Crippen LogP contribution in [-0.4, -0.2) is 30.9 Å². The van der Waals surface area contributed by atoms with Gasteiger partial charge in [-0.1, -0.05) is 0 Å². The predicted octanol–water partition coefficient (Wildman–Crippen LogP) is 1.94. The Hall–Kier alpha value is -2.28. The molecule has 2 aromatic rings. The summed E-state index contributed by atoms with van der Waals surface area (Å²) in [5.74, 6) is 0.513. The van der Waals surface area contributed by atoms with Gasteiger partial charge in [0, 0.05) is 17.7 Å². The molecule has 7 nitrogen and oxygen atoms in total. The molecule has 0 unspecified atom stereocenters. The molecule has 0 saturated heterocycles. The van der Waals surface area contributed by atoms with E-state index in [2.05, 4.69) is 10.1 Å². The van der Waals surface area contributed by atoms with Crippen molar-refractivity contribution >= 4 is 5.69 Å². The standard InChI is InChI=1S/C13H14N4O3/c18-12-3-1-2-11(12)16-8-14-13(15-16)9-4-6-10(7-5-9)17(19)20/h4-8,11-12,18H,1-3H2/t11-,12-/m1/s1. The summed E-state index contributed by atoms with van der Waals surface area (Å²) in [5, 5.41) is 24.8. The number of aliphatic hydroxyl groups excluding tert-OH is 1. The first kappa shape index (κ1) is 12.7. The highest BCUT2D eigenvalue weighted by Crippen LogP contribution is 2.30. The topological polar surface area (TPSA) is 94.1 Å². The highest BCUT2D eigenvalue weighted by atomic mass is 16.6. The van der Waals surface area contributed by atoms with E-state index in [9.17, 15) is 15.2 Å². The molecule has 104 valence electrons. The summed E-state index contributed by atoms with van der Waals surface area (Å²) in [4.78, 5) is 14.4. The SMILES string of the molecule is O=[N+]([O-])c1ccc(-c2ncn([C@@H]3CCC[C@H]3O)n2)cc1. The van der Waals surface area contributed by atoms with Crippen molar-refractivity contribution < 1.29 is 10.0 Å². The molecule has 1 aromatic carbocycles. The maximum atomic E-state index is 10.6. The number of nitro groups is 1. The molecule has 1 saturated carbocycles. The Bertz CT molecular complexity index is 623. The maximum absolute atomic E-state index is 10.6. The molecule has 2 atom stereocenters. The van der Waals surface area contributed by atoms with E-state index in [1.165, 1.54) is 12.1 Å². The first-order valence-electron chi connectivity index (χ1n) is 6.49. The minimum absolute atomic E-state index is 0.0192. The molecule has 1 aliphatic carbocycles. The predicted molar refractivity (Wildman–Crippen MR) is 71.0 cm³/mol. The van der Waals surface area contributed by atoms with Crippen LogP contribution in [0.25, 0.3) is 11.4 Å². The Morgan fingerprint density at radius 3 is 2.65 bits per heavy atom. The van der Waals surface area contributed by atoms with Gasteiger partial charge in [-0.2, -0.15) is 5.10 Å². The van der Waals surface area contributed by atoms with Crippen molar-refractivity contribution in [2.24, 2.45) is 0 Å².